The Labute approximate surface area is 169 Å². The van der Waals surface area contributed by atoms with Crippen molar-refractivity contribution in [2.45, 2.75) is 25.4 Å². The second kappa shape index (κ2) is 7.83. The van der Waals surface area contributed by atoms with Crippen molar-refractivity contribution in [3.63, 3.8) is 0 Å². The molecule has 2 aliphatic rings. The van der Waals surface area contributed by atoms with Crippen molar-refractivity contribution < 1.29 is 14.5 Å². The molecule has 7 heteroatoms. The Morgan fingerprint density at radius 1 is 1.18 bits per heavy atom. The van der Waals surface area contributed by atoms with Crippen molar-refractivity contribution >= 4 is 29.1 Å². The van der Waals surface area contributed by atoms with Crippen molar-refractivity contribution in [3.8, 4) is 0 Å². The molecule has 2 heterocycles. The summed E-state index contributed by atoms with van der Waals surface area (Å²) in [6, 6.07) is 15.4. The van der Waals surface area contributed by atoms with Crippen LogP contribution in [0.3, 0.4) is 0 Å². The lowest BCUT2D eigenvalue weighted by Crippen LogP contribution is -2.45. The quantitative estimate of drug-likeness (QED) is 0.794. The van der Waals surface area contributed by atoms with E-state index in [0.717, 1.165) is 11.3 Å². The van der Waals surface area contributed by atoms with Crippen molar-refractivity contribution in [1.29, 1.82) is 0 Å². The number of rotatable bonds is 3. The molecular formula is C21H22ClN3O3. The Morgan fingerprint density at radius 3 is 2.61 bits per heavy atom. The third-order valence-corrected chi connectivity index (χ3v) is 5.36. The van der Waals surface area contributed by atoms with Crippen molar-refractivity contribution in [2.24, 2.45) is 0 Å². The van der Waals surface area contributed by atoms with Crippen LogP contribution in [0.1, 0.15) is 24.0 Å². The number of hydroxylamine groups is 3. The Morgan fingerprint density at radius 2 is 1.89 bits per heavy atom. The predicted molar refractivity (Wildman–Crippen MR) is 108 cm³/mol. The normalized spacial score (nSPS) is 18.4. The molecule has 1 spiro atoms. The molecule has 2 aromatic rings. The lowest BCUT2D eigenvalue weighted by atomic mass is 9.91. The number of benzene rings is 2. The van der Waals surface area contributed by atoms with Crippen LogP contribution in [0.4, 0.5) is 10.5 Å². The highest BCUT2D eigenvalue weighted by molar-refractivity contribution is 6.33. The fourth-order valence-corrected chi connectivity index (χ4v) is 3.55. The van der Waals surface area contributed by atoms with E-state index in [-0.39, 0.29) is 5.60 Å². The van der Waals surface area contributed by atoms with E-state index < -0.39 is 6.09 Å². The van der Waals surface area contributed by atoms with Gasteiger partial charge in [-0.1, -0.05) is 53.6 Å². The molecular weight excluding hydrogens is 378 g/mol. The third kappa shape index (κ3) is 4.14. The number of anilines is 1. The summed E-state index contributed by atoms with van der Waals surface area (Å²) >= 11 is 6.05. The fourth-order valence-electron chi connectivity index (χ4n) is 3.37. The van der Waals surface area contributed by atoms with Crippen molar-refractivity contribution in [1.82, 2.24) is 10.5 Å². The summed E-state index contributed by atoms with van der Waals surface area (Å²) in [5, 5.41) is 4.78. The highest BCUT2D eigenvalue weighted by atomic mass is 35.5. The van der Waals surface area contributed by atoms with Crippen LogP contribution in [0.25, 0.3) is 5.70 Å². The summed E-state index contributed by atoms with van der Waals surface area (Å²) in [4.78, 5) is 23.4. The molecule has 0 aromatic heterocycles. The monoisotopic (exact) mass is 399 g/mol. The first kappa shape index (κ1) is 18.8. The van der Waals surface area contributed by atoms with Crippen LogP contribution in [0, 0.1) is 6.92 Å². The number of hydrogen-bond donors (Lipinski definition) is 2. The van der Waals surface area contributed by atoms with Crippen LogP contribution in [-0.2, 0) is 9.68 Å². The molecule has 0 saturated carbocycles. The maximum Gasteiger partial charge on any atom is 0.430 e. The standard InChI is InChI=1S/C21H22ClN3O3/c1-15-6-8-16(9-7-15)19-14-21(28-24-19)10-12-25(13-11-21)27-20(26)23-18-5-3-2-4-17(18)22/h2-9,14,24H,10-13H2,1H3,(H,23,26). The van der Waals surface area contributed by atoms with Crippen LogP contribution in [-0.4, -0.2) is 29.8 Å². The molecule has 1 amide bonds. The van der Waals surface area contributed by atoms with Gasteiger partial charge in [0.25, 0.3) is 0 Å². The summed E-state index contributed by atoms with van der Waals surface area (Å²) in [6.07, 6.45) is 3.02. The number of nitrogens with zero attached hydrogens (tertiary/aromatic N) is 1. The molecule has 0 atom stereocenters. The van der Waals surface area contributed by atoms with Gasteiger partial charge in [0.2, 0.25) is 0 Å². The van der Waals surface area contributed by atoms with E-state index in [9.17, 15) is 4.79 Å². The van der Waals surface area contributed by atoms with Gasteiger partial charge < -0.3 is 4.84 Å². The summed E-state index contributed by atoms with van der Waals surface area (Å²) < 4.78 is 0. The van der Waals surface area contributed by atoms with Gasteiger partial charge in [0.05, 0.1) is 16.4 Å². The van der Waals surface area contributed by atoms with E-state index in [1.165, 1.54) is 5.56 Å². The lowest BCUT2D eigenvalue weighted by Gasteiger charge is -2.35. The summed E-state index contributed by atoms with van der Waals surface area (Å²) in [5.74, 6) is 0. The molecule has 1 fully saturated rings. The first-order valence-corrected chi connectivity index (χ1v) is 9.63. The first-order valence-electron chi connectivity index (χ1n) is 9.25. The first-order chi connectivity index (χ1) is 13.5. The largest absolute Gasteiger partial charge is 0.430 e. The average Bonchev–Trinajstić information content (AvgIpc) is 3.10. The predicted octanol–water partition coefficient (Wildman–Crippen LogP) is 4.52. The topological polar surface area (TPSA) is 62.8 Å². The van der Waals surface area contributed by atoms with Gasteiger partial charge in [0, 0.05) is 13.1 Å². The molecule has 28 heavy (non-hydrogen) atoms. The Hall–Kier alpha value is -2.54. The van der Waals surface area contributed by atoms with Crippen molar-refractivity contribution in [2.75, 3.05) is 18.4 Å². The van der Waals surface area contributed by atoms with Crippen LogP contribution < -0.4 is 10.8 Å². The Bertz CT molecular complexity index is 890. The van der Waals surface area contributed by atoms with E-state index in [1.807, 2.05) is 0 Å². The number of halogens is 1. The van der Waals surface area contributed by atoms with Gasteiger partial charge >= 0.3 is 6.09 Å². The molecule has 4 rings (SSSR count). The third-order valence-electron chi connectivity index (χ3n) is 5.03. The molecule has 146 valence electrons. The minimum absolute atomic E-state index is 0.376. The molecule has 2 aromatic carbocycles. The second-order valence-electron chi connectivity index (χ2n) is 7.11. The number of carbonyl (C=O) groups excluding carboxylic acids is 1. The maximum absolute atomic E-state index is 12.1. The number of carbonyl (C=O) groups is 1. The zero-order valence-electron chi connectivity index (χ0n) is 15.6. The zero-order chi connectivity index (χ0) is 19.6. The van der Waals surface area contributed by atoms with Crippen LogP contribution in [0.5, 0.6) is 0 Å². The summed E-state index contributed by atoms with van der Waals surface area (Å²) in [5.41, 5.74) is 6.50. The number of amides is 1. The van der Waals surface area contributed by atoms with Gasteiger partial charge in [-0.2, -0.15) is 0 Å². The van der Waals surface area contributed by atoms with E-state index in [2.05, 4.69) is 48.1 Å². The fraction of sp³-hybridized carbons (Fsp3) is 0.286. The maximum atomic E-state index is 12.1. The van der Waals surface area contributed by atoms with E-state index in [4.69, 9.17) is 21.3 Å². The molecule has 2 N–H and O–H groups in total. The van der Waals surface area contributed by atoms with Gasteiger partial charge in [-0.15, -0.1) is 5.06 Å². The smallest absolute Gasteiger partial charge is 0.351 e. The Balaban J connectivity index is 1.33. The second-order valence-corrected chi connectivity index (χ2v) is 7.51. The van der Waals surface area contributed by atoms with Gasteiger partial charge in [-0.05, 0) is 43.5 Å². The molecule has 0 unspecified atom stereocenters. The molecule has 0 radical (unpaired) electrons. The molecule has 2 aliphatic heterocycles. The lowest BCUT2D eigenvalue weighted by molar-refractivity contribution is -0.153. The number of hydrogen-bond acceptors (Lipinski definition) is 5. The van der Waals surface area contributed by atoms with Gasteiger partial charge in [-0.25, -0.2) is 4.79 Å². The zero-order valence-corrected chi connectivity index (χ0v) is 16.3. The van der Waals surface area contributed by atoms with E-state index >= 15 is 0 Å². The SMILES string of the molecule is Cc1ccc(C2=CC3(CCN(OC(=O)Nc4ccccc4Cl)CC3)ON2)cc1. The number of aryl methyl sites for hydroxylation is 1. The minimum Gasteiger partial charge on any atom is -0.351 e. The summed E-state index contributed by atoms with van der Waals surface area (Å²) in [7, 11) is 0. The number of nitrogens with one attached hydrogen (secondary N) is 2. The number of piperidine rings is 1. The number of para-hydroxylation sites is 1. The highest BCUT2D eigenvalue weighted by Crippen LogP contribution is 2.34. The van der Waals surface area contributed by atoms with E-state index in [1.54, 1.807) is 29.3 Å². The molecule has 0 aliphatic carbocycles. The van der Waals surface area contributed by atoms with E-state index in [0.29, 0.717) is 36.6 Å². The van der Waals surface area contributed by atoms with Crippen LogP contribution in [0.2, 0.25) is 5.02 Å². The molecule has 1 saturated heterocycles. The Kier molecular flexibility index (Phi) is 5.26. The summed E-state index contributed by atoms with van der Waals surface area (Å²) in [6.45, 7) is 3.22. The van der Waals surface area contributed by atoms with Crippen molar-refractivity contribution in [3.05, 3.63) is 70.8 Å². The molecule has 6 nitrogen and oxygen atoms in total. The van der Waals surface area contributed by atoms with Gasteiger partial charge in [0.15, 0.2) is 0 Å². The minimum atomic E-state index is -0.551. The van der Waals surface area contributed by atoms with Crippen LogP contribution >= 0.6 is 11.6 Å². The highest BCUT2D eigenvalue weighted by Gasteiger charge is 2.39. The van der Waals surface area contributed by atoms with Crippen LogP contribution in [0.15, 0.2) is 54.6 Å². The average molecular weight is 400 g/mol. The molecule has 0 bridgehead atoms. The van der Waals surface area contributed by atoms with Gasteiger partial charge in [0.1, 0.15) is 5.60 Å². The van der Waals surface area contributed by atoms with Gasteiger partial charge in [-0.3, -0.25) is 15.6 Å².